The van der Waals surface area contributed by atoms with Gasteiger partial charge in [0.25, 0.3) is 0 Å². The van der Waals surface area contributed by atoms with Gasteiger partial charge in [0.2, 0.25) is 0 Å². The lowest BCUT2D eigenvalue weighted by Gasteiger charge is -2.36. The molecule has 2 nitrogen and oxygen atoms in total. The van der Waals surface area contributed by atoms with E-state index < -0.39 is 0 Å². The second-order valence-electron chi connectivity index (χ2n) is 6.95. The first kappa shape index (κ1) is 16.5. The Hall–Kier alpha value is 0.137. The number of ether oxygens (including phenoxy) is 1. The lowest BCUT2D eigenvalue weighted by molar-refractivity contribution is 0.159. The first-order chi connectivity index (χ1) is 9.79. The maximum Gasteiger partial charge on any atom is 0.0534 e. The van der Waals surface area contributed by atoms with E-state index in [9.17, 15) is 5.11 Å². The van der Waals surface area contributed by atoms with Crippen molar-refractivity contribution in [3.05, 3.63) is 0 Å². The van der Waals surface area contributed by atoms with Gasteiger partial charge in [-0.15, -0.1) is 0 Å². The summed E-state index contributed by atoms with van der Waals surface area (Å²) in [6, 6.07) is 2.77. The molecule has 1 saturated carbocycles. The van der Waals surface area contributed by atoms with E-state index in [1.165, 1.54) is 63.5 Å². The average molecular weight is 298 g/mol. The Balaban J connectivity index is 1.55. The highest BCUT2D eigenvalue weighted by molar-refractivity contribution is 6.60. The quantitative estimate of drug-likeness (QED) is 0.557. The van der Waals surface area contributed by atoms with Crippen molar-refractivity contribution >= 4 is 8.80 Å². The predicted molar refractivity (Wildman–Crippen MR) is 86.7 cm³/mol. The summed E-state index contributed by atoms with van der Waals surface area (Å²) in [4.78, 5) is 0. The van der Waals surface area contributed by atoms with Crippen molar-refractivity contribution < 1.29 is 9.84 Å². The Morgan fingerprint density at radius 2 is 1.65 bits per heavy atom. The molecule has 0 amide bonds. The molecule has 3 heteroatoms. The molecule has 2 fully saturated rings. The highest BCUT2D eigenvalue weighted by Gasteiger charge is 2.31. The molecule has 0 aromatic heterocycles. The van der Waals surface area contributed by atoms with E-state index in [-0.39, 0.29) is 14.9 Å². The third-order valence-corrected chi connectivity index (χ3v) is 9.08. The van der Waals surface area contributed by atoms with Crippen LogP contribution in [0.25, 0.3) is 0 Å². The van der Waals surface area contributed by atoms with Crippen LogP contribution in [0.4, 0.5) is 0 Å². The molecule has 1 radical (unpaired) electrons. The Morgan fingerprint density at radius 1 is 0.950 bits per heavy atom. The molecule has 1 heterocycles. The zero-order chi connectivity index (χ0) is 14.2. The zero-order valence-electron chi connectivity index (χ0n) is 13.3. The summed E-state index contributed by atoms with van der Waals surface area (Å²) in [5, 5.41) is 9.63. The highest BCUT2D eigenvalue weighted by Crippen LogP contribution is 2.41. The van der Waals surface area contributed by atoms with E-state index in [1.807, 2.05) is 0 Å². The van der Waals surface area contributed by atoms with Crippen molar-refractivity contribution in [1.82, 2.24) is 0 Å². The summed E-state index contributed by atoms with van der Waals surface area (Å²) < 4.78 is 5.11. The SMILES string of the molecule is COCCCCCC1CCC([Si]2CCC(O)CC2)CC1. The molecular formula is C17H33O2Si. The Kier molecular flexibility index (Phi) is 7.61. The van der Waals surface area contributed by atoms with Gasteiger partial charge >= 0.3 is 0 Å². The molecular weight excluding hydrogens is 264 g/mol. The van der Waals surface area contributed by atoms with Crippen LogP contribution in [0.2, 0.25) is 17.6 Å². The minimum atomic E-state index is -0.113. The number of rotatable bonds is 7. The predicted octanol–water partition coefficient (Wildman–Crippen LogP) is 4.40. The van der Waals surface area contributed by atoms with Gasteiger partial charge in [0.15, 0.2) is 0 Å². The number of aliphatic hydroxyl groups is 1. The van der Waals surface area contributed by atoms with Gasteiger partial charge in [-0.25, -0.2) is 0 Å². The second-order valence-corrected chi connectivity index (χ2v) is 10.1. The van der Waals surface area contributed by atoms with Crippen molar-refractivity contribution in [2.45, 2.75) is 87.9 Å². The van der Waals surface area contributed by atoms with Crippen molar-refractivity contribution in [3.8, 4) is 0 Å². The van der Waals surface area contributed by atoms with Crippen molar-refractivity contribution in [2.24, 2.45) is 5.92 Å². The summed E-state index contributed by atoms with van der Waals surface area (Å²) in [7, 11) is 1.69. The van der Waals surface area contributed by atoms with Gasteiger partial charge in [0.05, 0.1) is 14.9 Å². The Labute approximate surface area is 126 Å². The first-order valence-electron chi connectivity index (χ1n) is 8.81. The molecule has 1 aliphatic carbocycles. The molecule has 0 unspecified atom stereocenters. The van der Waals surface area contributed by atoms with Gasteiger partial charge in [-0.05, 0) is 30.7 Å². The number of methoxy groups -OCH3 is 1. The summed E-state index contributed by atoms with van der Waals surface area (Å²) in [6.45, 7) is 0.935. The Bertz CT molecular complexity index is 243. The third kappa shape index (κ3) is 5.49. The van der Waals surface area contributed by atoms with Gasteiger partial charge in [-0.2, -0.15) is 0 Å². The van der Waals surface area contributed by atoms with E-state index in [4.69, 9.17) is 4.74 Å². The molecule has 1 N–H and O–H groups in total. The number of aliphatic hydroxyl groups excluding tert-OH is 1. The lowest BCUT2D eigenvalue weighted by Crippen LogP contribution is -2.31. The molecule has 0 spiro atoms. The van der Waals surface area contributed by atoms with Crippen LogP contribution in [0.3, 0.4) is 0 Å². The Morgan fingerprint density at radius 3 is 2.30 bits per heavy atom. The fraction of sp³-hybridized carbons (Fsp3) is 1.00. The highest BCUT2D eigenvalue weighted by atomic mass is 28.3. The normalized spacial score (nSPS) is 29.7. The van der Waals surface area contributed by atoms with E-state index in [0.29, 0.717) is 0 Å². The zero-order valence-corrected chi connectivity index (χ0v) is 14.3. The largest absolute Gasteiger partial charge is 0.393 e. The maximum absolute atomic E-state index is 9.63. The van der Waals surface area contributed by atoms with Gasteiger partial charge in [-0.1, -0.05) is 57.0 Å². The average Bonchev–Trinajstić information content (AvgIpc) is 2.49. The molecule has 1 aliphatic heterocycles. The number of unbranched alkanes of at least 4 members (excludes halogenated alkanes) is 2. The summed E-state index contributed by atoms with van der Waals surface area (Å²) >= 11 is 0. The third-order valence-electron chi connectivity index (χ3n) is 5.48. The van der Waals surface area contributed by atoms with Crippen LogP contribution < -0.4 is 0 Å². The summed E-state index contributed by atoms with van der Waals surface area (Å²) in [5.41, 5.74) is 1.08. The lowest BCUT2D eigenvalue weighted by atomic mass is 9.85. The van der Waals surface area contributed by atoms with Gasteiger partial charge in [0.1, 0.15) is 0 Å². The fourth-order valence-corrected chi connectivity index (χ4v) is 7.72. The number of hydrogen-bond donors (Lipinski definition) is 1. The molecule has 1 saturated heterocycles. The van der Waals surface area contributed by atoms with Crippen LogP contribution in [0, 0.1) is 5.92 Å². The molecule has 20 heavy (non-hydrogen) atoms. The monoisotopic (exact) mass is 297 g/mol. The van der Waals surface area contributed by atoms with Crippen LogP contribution in [0.1, 0.15) is 64.2 Å². The topological polar surface area (TPSA) is 29.5 Å². The van der Waals surface area contributed by atoms with Crippen molar-refractivity contribution in [2.75, 3.05) is 13.7 Å². The minimum Gasteiger partial charge on any atom is -0.393 e. The van der Waals surface area contributed by atoms with E-state index in [2.05, 4.69) is 0 Å². The molecule has 0 aromatic carbocycles. The standard InChI is InChI=1S/C17H33O2Si/c1-19-12-4-2-3-5-15-6-8-17(9-7-15)20-13-10-16(18)11-14-20/h15-18H,2-14H2,1H3. The van der Waals surface area contributed by atoms with Crippen LogP contribution in [-0.2, 0) is 4.74 Å². The van der Waals surface area contributed by atoms with Gasteiger partial charge < -0.3 is 9.84 Å². The number of hydrogen-bond acceptors (Lipinski definition) is 2. The van der Waals surface area contributed by atoms with Gasteiger partial charge in [0, 0.05) is 13.7 Å². The molecule has 2 aliphatic rings. The van der Waals surface area contributed by atoms with Crippen LogP contribution in [0.5, 0.6) is 0 Å². The smallest absolute Gasteiger partial charge is 0.0534 e. The van der Waals surface area contributed by atoms with E-state index in [0.717, 1.165) is 30.9 Å². The molecule has 0 atom stereocenters. The van der Waals surface area contributed by atoms with Gasteiger partial charge in [-0.3, -0.25) is 0 Å². The molecule has 0 aromatic rings. The van der Waals surface area contributed by atoms with Crippen molar-refractivity contribution in [3.63, 3.8) is 0 Å². The first-order valence-corrected chi connectivity index (χ1v) is 10.8. The van der Waals surface area contributed by atoms with Crippen LogP contribution >= 0.6 is 0 Å². The summed E-state index contributed by atoms with van der Waals surface area (Å²) in [6.07, 6.45) is 13.7. The second kappa shape index (κ2) is 9.21. The molecule has 117 valence electrons. The van der Waals surface area contributed by atoms with E-state index >= 15 is 0 Å². The van der Waals surface area contributed by atoms with Crippen LogP contribution in [-0.4, -0.2) is 33.7 Å². The fourth-order valence-electron chi connectivity index (χ4n) is 4.10. The molecule has 0 bridgehead atoms. The van der Waals surface area contributed by atoms with E-state index in [1.54, 1.807) is 7.11 Å². The van der Waals surface area contributed by atoms with Crippen molar-refractivity contribution in [1.29, 1.82) is 0 Å². The van der Waals surface area contributed by atoms with Crippen LogP contribution in [0.15, 0.2) is 0 Å². The maximum atomic E-state index is 9.63. The molecule has 2 rings (SSSR count). The summed E-state index contributed by atoms with van der Waals surface area (Å²) in [5.74, 6) is 1.02. The minimum absolute atomic E-state index is 0.0344.